The maximum absolute atomic E-state index is 10.4. The third kappa shape index (κ3) is 4.63. The third-order valence-electron chi connectivity index (χ3n) is 4.51. The van der Waals surface area contributed by atoms with E-state index in [0.29, 0.717) is 18.6 Å². The van der Waals surface area contributed by atoms with Crippen LogP contribution in [0.5, 0.6) is 0 Å². The van der Waals surface area contributed by atoms with Crippen molar-refractivity contribution in [1.82, 2.24) is 5.32 Å². The largest absolute Gasteiger partial charge is 0.394 e. The van der Waals surface area contributed by atoms with Crippen molar-refractivity contribution >= 4 is 0 Å². The van der Waals surface area contributed by atoms with Crippen molar-refractivity contribution < 1.29 is 24.8 Å². The van der Waals surface area contributed by atoms with Crippen molar-refractivity contribution in [3.8, 4) is 0 Å². The molecule has 22 heavy (non-hydrogen) atoms. The molecule has 6 heteroatoms. The summed E-state index contributed by atoms with van der Waals surface area (Å²) in [6.07, 6.45) is 2.18. The zero-order chi connectivity index (χ0) is 16.1. The van der Waals surface area contributed by atoms with Gasteiger partial charge >= 0.3 is 0 Å². The number of hydrogen-bond acceptors (Lipinski definition) is 6. The minimum absolute atomic E-state index is 0.319. The minimum Gasteiger partial charge on any atom is -0.394 e. The van der Waals surface area contributed by atoms with Gasteiger partial charge < -0.3 is 30.1 Å². The van der Waals surface area contributed by atoms with Gasteiger partial charge in [0, 0.05) is 6.04 Å². The highest BCUT2D eigenvalue weighted by atomic mass is 16.7. The molecule has 130 valence electrons. The second kappa shape index (κ2) is 8.57. The quantitative estimate of drug-likeness (QED) is 0.566. The molecule has 2 fully saturated rings. The van der Waals surface area contributed by atoms with Crippen LogP contribution in [0.1, 0.15) is 46.0 Å². The van der Waals surface area contributed by atoms with Crippen LogP contribution in [0.3, 0.4) is 0 Å². The normalized spacial score (nSPS) is 37.6. The average molecular weight is 317 g/mol. The van der Waals surface area contributed by atoms with Gasteiger partial charge in [-0.25, -0.2) is 0 Å². The Morgan fingerprint density at radius 2 is 1.82 bits per heavy atom. The van der Waals surface area contributed by atoms with E-state index in [9.17, 15) is 15.3 Å². The Balaban J connectivity index is 2.02. The number of ether oxygens (including phenoxy) is 2. The summed E-state index contributed by atoms with van der Waals surface area (Å²) in [5.74, 6) is 0.343. The van der Waals surface area contributed by atoms with Crippen molar-refractivity contribution in [2.45, 2.75) is 82.6 Å². The van der Waals surface area contributed by atoms with Gasteiger partial charge in [-0.2, -0.15) is 0 Å². The highest BCUT2D eigenvalue weighted by Crippen LogP contribution is 2.25. The Hall–Kier alpha value is -0.240. The minimum atomic E-state index is -1.11. The van der Waals surface area contributed by atoms with E-state index in [4.69, 9.17) is 9.47 Å². The smallest absolute Gasteiger partial charge is 0.175 e. The number of nitrogens with one attached hydrogen (secondary N) is 1. The average Bonchev–Trinajstić information content (AvgIpc) is 2.52. The molecule has 1 aliphatic carbocycles. The lowest BCUT2D eigenvalue weighted by Crippen LogP contribution is -2.65. The maximum atomic E-state index is 10.4. The Bertz CT molecular complexity index is 322. The molecule has 6 nitrogen and oxygen atoms in total. The van der Waals surface area contributed by atoms with Crippen molar-refractivity contribution in [3.05, 3.63) is 0 Å². The van der Waals surface area contributed by atoms with Crippen LogP contribution in [-0.4, -0.2) is 65.2 Å². The molecule has 1 aliphatic heterocycles. The van der Waals surface area contributed by atoms with Gasteiger partial charge in [0.25, 0.3) is 0 Å². The van der Waals surface area contributed by atoms with Gasteiger partial charge in [-0.3, -0.25) is 0 Å². The first-order valence-electron chi connectivity index (χ1n) is 8.53. The zero-order valence-corrected chi connectivity index (χ0v) is 13.6. The fourth-order valence-electron chi connectivity index (χ4n) is 3.23. The second-order valence-corrected chi connectivity index (χ2v) is 6.96. The van der Waals surface area contributed by atoms with Crippen LogP contribution in [0.15, 0.2) is 0 Å². The summed E-state index contributed by atoms with van der Waals surface area (Å²) in [4.78, 5) is 0. The van der Waals surface area contributed by atoms with E-state index in [2.05, 4.69) is 5.32 Å². The molecule has 5 atom stereocenters. The van der Waals surface area contributed by atoms with Gasteiger partial charge in [0.05, 0.1) is 19.3 Å². The summed E-state index contributed by atoms with van der Waals surface area (Å²) in [5, 5.41) is 33.2. The second-order valence-electron chi connectivity index (χ2n) is 6.96. The number of aliphatic hydroxyl groups excluding tert-OH is 3. The lowest BCUT2D eigenvalue weighted by atomic mass is 9.91. The molecule has 0 aromatic heterocycles. The Labute approximate surface area is 132 Å². The molecule has 0 radical (unpaired) electrons. The summed E-state index contributed by atoms with van der Waals surface area (Å²) in [6.45, 7) is 4.26. The van der Waals surface area contributed by atoms with Crippen molar-refractivity contribution in [3.63, 3.8) is 0 Å². The molecule has 1 saturated carbocycles. The van der Waals surface area contributed by atoms with E-state index in [-0.39, 0.29) is 6.61 Å². The molecule has 1 saturated heterocycles. The summed E-state index contributed by atoms with van der Waals surface area (Å²) in [6, 6.07) is -0.153. The fraction of sp³-hybridized carbons (Fsp3) is 1.00. The van der Waals surface area contributed by atoms with E-state index in [1.165, 1.54) is 19.3 Å². The molecule has 0 aromatic carbocycles. The maximum Gasteiger partial charge on any atom is 0.175 e. The highest BCUT2D eigenvalue weighted by molar-refractivity contribution is 4.95. The number of hydrogen-bond donors (Lipinski definition) is 4. The molecule has 0 spiro atoms. The molecule has 0 amide bonds. The highest BCUT2D eigenvalue weighted by Gasteiger charge is 2.45. The van der Waals surface area contributed by atoms with Crippen LogP contribution >= 0.6 is 0 Å². The summed E-state index contributed by atoms with van der Waals surface area (Å²) >= 11 is 0. The van der Waals surface area contributed by atoms with E-state index < -0.39 is 30.6 Å². The van der Waals surface area contributed by atoms with Crippen molar-refractivity contribution in [2.24, 2.45) is 5.92 Å². The molecule has 1 heterocycles. The standard InChI is InChI=1S/C16H31NO5/c1-10(2)9-21-16-13(17-11-6-4-3-5-7-11)15(20)14(19)12(8-18)22-16/h10-20H,3-9H2,1-2H3/t12-,13-,14-,15+,16+/m1/s1. The van der Waals surface area contributed by atoms with Crippen molar-refractivity contribution in [1.29, 1.82) is 0 Å². The molecular weight excluding hydrogens is 286 g/mol. The molecule has 4 N–H and O–H groups in total. The number of rotatable bonds is 6. The van der Waals surface area contributed by atoms with Gasteiger partial charge in [-0.15, -0.1) is 0 Å². The van der Waals surface area contributed by atoms with Gasteiger partial charge in [0.1, 0.15) is 18.3 Å². The monoisotopic (exact) mass is 317 g/mol. The van der Waals surface area contributed by atoms with E-state index in [1.54, 1.807) is 0 Å². The molecule has 0 unspecified atom stereocenters. The molecule has 2 aliphatic rings. The van der Waals surface area contributed by atoms with E-state index in [0.717, 1.165) is 12.8 Å². The summed E-state index contributed by atoms with van der Waals surface area (Å²) in [7, 11) is 0. The Morgan fingerprint density at radius 3 is 2.41 bits per heavy atom. The topological polar surface area (TPSA) is 91.2 Å². The van der Waals surface area contributed by atoms with Gasteiger partial charge in [-0.05, 0) is 18.8 Å². The van der Waals surface area contributed by atoms with E-state index in [1.807, 2.05) is 13.8 Å². The molecule has 2 rings (SSSR count). The summed E-state index contributed by atoms with van der Waals surface area (Å²) in [5.41, 5.74) is 0. The van der Waals surface area contributed by atoms with Gasteiger partial charge in [0.15, 0.2) is 6.29 Å². The van der Waals surface area contributed by atoms with Crippen LogP contribution in [0, 0.1) is 5.92 Å². The van der Waals surface area contributed by atoms with E-state index >= 15 is 0 Å². The lowest BCUT2D eigenvalue weighted by Gasteiger charge is -2.44. The Morgan fingerprint density at radius 1 is 1.14 bits per heavy atom. The van der Waals surface area contributed by atoms with Crippen LogP contribution in [0.4, 0.5) is 0 Å². The first-order valence-corrected chi connectivity index (χ1v) is 8.53. The first kappa shape index (κ1) is 18.1. The lowest BCUT2D eigenvalue weighted by molar-refractivity contribution is -0.274. The van der Waals surface area contributed by atoms with Crippen molar-refractivity contribution in [2.75, 3.05) is 13.2 Å². The first-order chi connectivity index (χ1) is 10.5. The number of aliphatic hydroxyl groups is 3. The van der Waals surface area contributed by atoms with Crippen LogP contribution in [-0.2, 0) is 9.47 Å². The predicted octanol–water partition coefficient (Wildman–Crippen LogP) is 0.389. The summed E-state index contributed by atoms with van der Waals surface area (Å²) < 4.78 is 11.5. The molecular formula is C16H31NO5. The molecule has 0 bridgehead atoms. The van der Waals surface area contributed by atoms with Gasteiger partial charge in [0.2, 0.25) is 0 Å². The van der Waals surface area contributed by atoms with Gasteiger partial charge in [-0.1, -0.05) is 33.1 Å². The fourth-order valence-corrected chi connectivity index (χ4v) is 3.23. The Kier molecular flexibility index (Phi) is 7.05. The zero-order valence-electron chi connectivity index (χ0n) is 13.6. The molecule has 0 aromatic rings. The predicted molar refractivity (Wildman–Crippen MR) is 82.3 cm³/mol. The van der Waals surface area contributed by atoms with Crippen LogP contribution < -0.4 is 5.32 Å². The van der Waals surface area contributed by atoms with Crippen LogP contribution in [0.2, 0.25) is 0 Å². The third-order valence-corrected chi connectivity index (χ3v) is 4.51. The SMILES string of the molecule is CC(C)CO[C@H]1O[C@H](CO)[C@@H](O)[C@@H](O)[C@H]1NC1CCCCC1. The van der Waals surface area contributed by atoms with Crippen LogP contribution in [0.25, 0.3) is 0 Å².